The maximum absolute atomic E-state index is 11.9. The predicted octanol–water partition coefficient (Wildman–Crippen LogP) is 0.599. The van der Waals surface area contributed by atoms with Gasteiger partial charge < -0.3 is 5.32 Å². The molecule has 1 aliphatic rings. The van der Waals surface area contributed by atoms with E-state index >= 15 is 0 Å². The van der Waals surface area contributed by atoms with E-state index in [2.05, 4.69) is 15.3 Å². The van der Waals surface area contributed by atoms with E-state index in [0.29, 0.717) is 10.2 Å². The van der Waals surface area contributed by atoms with E-state index in [1.165, 1.54) is 12.4 Å². The molecule has 0 amide bonds. The third kappa shape index (κ3) is 2.10. The SMILES string of the molecule is O=[S@](c1ncc(Cl)cn1)[C@H]1CCNC1. The molecule has 76 valence electrons. The van der Waals surface area contributed by atoms with Gasteiger partial charge in [-0.05, 0) is 13.0 Å². The third-order valence-corrected chi connectivity index (χ3v) is 3.87. The molecule has 0 unspecified atom stereocenters. The Labute approximate surface area is 89.6 Å². The first kappa shape index (κ1) is 10.0. The first-order valence-corrected chi connectivity index (χ1v) is 5.95. The van der Waals surface area contributed by atoms with Gasteiger partial charge in [0.2, 0.25) is 5.16 Å². The van der Waals surface area contributed by atoms with E-state index in [9.17, 15) is 4.21 Å². The minimum atomic E-state index is -1.11. The van der Waals surface area contributed by atoms with E-state index in [4.69, 9.17) is 11.6 Å². The zero-order chi connectivity index (χ0) is 9.97. The van der Waals surface area contributed by atoms with Crippen molar-refractivity contribution in [3.05, 3.63) is 17.4 Å². The molecule has 0 spiro atoms. The van der Waals surface area contributed by atoms with Crippen molar-refractivity contribution in [3.8, 4) is 0 Å². The smallest absolute Gasteiger partial charge is 0.218 e. The van der Waals surface area contributed by atoms with Gasteiger partial charge in [-0.3, -0.25) is 4.21 Å². The fourth-order valence-corrected chi connectivity index (χ4v) is 2.67. The number of nitrogens with one attached hydrogen (secondary N) is 1. The standard InChI is InChI=1S/C8H10ClN3OS/c9-6-3-11-8(12-4-6)14(13)7-1-2-10-5-7/h3-4,7,10H,1-2,5H2/t7-,14-/m0/s1. The molecular weight excluding hydrogens is 222 g/mol. The highest BCUT2D eigenvalue weighted by Crippen LogP contribution is 2.13. The molecule has 1 aromatic heterocycles. The highest BCUT2D eigenvalue weighted by atomic mass is 35.5. The van der Waals surface area contributed by atoms with E-state index in [1.807, 2.05) is 0 Å². The maximum Gasteiger partial charge on any atom is 0.218 e. The quantitative estimate of drug-likeness (QED) is 0.758. The van der Waals surface area contributed by atoms with Crippen LogP contribution in [0.3, 0.4) is 0 Å². The second kappa shape index (κ2) is 4.33. The number of rotatable bonds is 2. The van der Waals surface area contributed by atoms with Crippen molar-refractivity contribution in [2.45, 2.75) is 16.8 Å². The van der Waals surface area contributed by atoms with Crippen LogP contribution in [0.15, 0.2) is 17.6 Å². The number of halogens is 1. The first-order chi connectivity index (χ1) is 6.77. The Morgan fingerprint density at radius 2 is 2.21 bits per heavy atom. The Kier molecular flexibility index (Phi) is 3.10. The number of aromatic nitrogens is 2. The van der Waals surface area contributed by atoms with Gasteiger partial charge in [0, 0.05) is 6.54 Å². The molecule has 0 saturated carbocycles. The van der Waals surface area contributed by atoms with Crippen LogP contribution in [0.2, 0.25) is 5.02 Å². The van der Waals surface area contributed by atoms with Gasteiger partial charge in [-0.2, -0.15) is 0 Å². The Morgan fingerprint density at radius 3 is 2.79 bits per heavy atom. The summed E-state index contributed by atoms with van der Waals surface area (Å²) in [6.07, 6.45) is 3.87. The van der Waals surface area contributed by atoms with Crippen molar-refractivity contribution in [1.82, 2.24) is 15.3 Å². The minimum Gasteiger partial charge on any atom is -0.315 e. The zero-order valence-corrected chi connectivity index (χ0v) is 9.01. The molecule has 1 aromatic rings. The monoisotopic (exact) mass is 231 g/mol. The van der Waals surface area contributed by atoms with Crippen molar-refractivity contribution < 1.29 is 4.21 Å². The van der Waals surface area contributed by atoms with Crippen molar-refractivity contribution in [2.75, 3.05) is 13.1 Å². The summed E-state index contributed by atoms with van der Waals surface area (Å²) in [4.78, 5) is 7.90. The van der Waals surface area contributed by atoms with Crippen LogP contribution in [0, 0.1) is 0 Å². The average Bonchev–Trinajstić information content (AvgIpc) is 2.71. The van der Waals surface area contributed by atoms with Crippen LogP contribution in [-0.4, -0.2) is 32.5 Å². The highest BCUT2D eigenvalue weighted by Gasteiger charge is 2.23. The average molecular weight is 232 g/mol. The zero-order valence-electron chi connectivity index (χ0n) is 7.44. The van der Waals surface area contributed by atoms with E-state index in [-0.39, 0.29) is 5.25 Å². The molecule has 4 nitrogen and oxygen atoms in total. The topological polar surface area (TPSA) is 54.9 Å². The third-order valence-electron chi connectivity index (χ3n) is 2.09. The first-order valence-electron chi connectivity index (χ1n) is 4.36. The van der Waals surface area contributed by atoms with Gasteiger partial charge in [0.15, 0.2) is 0 Å². The van der Waals surface area contributed by atoms with E-state index in [0.717, 1.165) is 19.5 Å². The normalized spacial score (nSPS) is 23.6. The molecule has 0 bridgehead atoms. The molecule has 1 saturated heterocycles. The lowest BCUT2D eigenvalue weighted by atomic mass is 10.4. The number of hydrogen-bond donors (Lipinski definition) is 1. The van der Waals surface area contributed by atoms with Gasteiger partial charge in [0.25, 0.3) is 0 Å². The van der Waals surface area contributed by atoms with Crippen LogP contribution >= 0.6 is 11.6 Å². The van der Waals surface area contributed by atoms with E-state index in [1.54, 1.807) is 0 Å². The summed E-state index contributed by atoms with van der Waals surface area (Å²) in [5.74, 6) is 0. The number of nitrogens with zero attached hydrogens (tertiary/aromatic N) is 2. The van der Waals surface area contributed by atoms with Gasteiger partial charge in [0.05, 0.1) is 33.5 Å². The summed E-state index contributed by atoms with van der Waals surface area (Å²) in [7, 11) is -1.11. The molecule has 2 heterocycles. The summed E-state index contributed by atoms with van der Waals surface area (Å²) in [5.41, 5.74) is 0. The maximum atomic E-state index is 11.9. The van der Waals surface area contributed by atoms with E-state index < -0.39 is 10.8 Å². The van der Waals surface area contributed by atoms with Crippen molar-refractivity contribution in [3.63, 3.8) is 0 Å². The highest BCUT2D eigenvalue weighted by molar-refractivity contribution is 7.85. The molecule has 1 N–H and O–H groups in total. The molecule has 0 aromatic carbocycles. The molecule has 0 radical (unpaired) electrons. The second-order valence-electron chi connectivity index (χ2n) is 3.10. The largest absolute Gasteiger partial charge is 0.315 e. The summed E-state index contributed by atoms with van der Waals surface area (Å²) in [5, 5.41) is 4.14. The van der Waals surface area contributed by atoms with Crippen LogP contribution in [0.5, 0.6) is 0 Å². The Hall–Kier alpha value is -0.520. The molecule has 1 aliphatic heterocycles. The molecule has 6 heteroatoms. The van der Waals surface area contributed by atoms with Crippen LogP contribution in [0.4, 0.5) is 0 Å². The predicted molar refractivity (Wildman–Crippen MR) is 54.7 cm³/mol. The lowest BCUT2D eigenvalue weighted by Gasteiger charge is -2.05. The lowest BCUT2D eigenvalue weighted by Crippen LogP contribution is -2.20. The molecule has 2 rings (SSSR count). The van der Waals surface area contributed by atoms with Gasteiger partial charge in [-0.1, -0.05) is 11.6 Å². The van der Waals surface area contributed by atoms with Crippen LogP contribution in [-0.2, 0) is 10.8 Å². The Balaban J connectivity index is 2.14. The van der Waals surface area contributed by atoms with Crippen molar-refractivity contribution in [2.24, 2.45) is 0 Å². The summed E-state index contributed by atoms with van der Waals surface area (Å²) in [6.45, 7) is 1.70. The van der Waals surface area contributed by atoms with Crippen LogP contribution < -0.4 is 5.32 Å². The molecule has 2 atom stereocenters. The van der Waals surface area contributed by atoms with Gasteiger partial charge in [-0.25, -0.2) is 9.97 Å². The Morgan fingerprint density at radius 1 is 1.50 bits per heavy atom. The molecule has 14 heavy (non-hydrogen) atoms. The second-order valence-corrected chi connectivity index (χ2v) is 5.16. The lowest BCUT2D eigenvalue weighted by molar-refractivity contribution is 0.664. The molecular formula is C8H10ClN3OS. The minimum absolute atomic E-state index is 0.135. The number of hydrogen-bond acceptors (Lipinski definition) is 4. The molecule has 0 aliphatic carbocycles. The van der Waals surface area contributed by atoms with Gasteiger partial charge in [-0.15, -0.1) is 0 Å². The van der Waals surface area contributed by atoms with Crippen LogP contribution in [0.25, 0.3) is 0 Å². The summed E-state index contributed by atoms with van der Waals surface area (Å²) < 4.78 is 11.9. The van der Waals surface area contributed by atoms with Crippen LogP contribution in [0.1, 0.15) is 6.42 Å². The van der Waals surface area contributed by atoms with Crippen molar-refractivity contribution >= 4 is 22.4 Å². The summed E-state index contributed by atoms with van der Waals surface area (Å²) >= 11 is 5.64. The van der Waals surface area contributed by atoms with Gasteiger partial charge in [0.1, 0.15) is 0 Å². The Bertz CT molecular complexity index is 337. The molecule has 1 fully saturated rings. The fourth-order valence-electron chi connectivity index (χ4n) is 1.36. The fraction of sp³-hybridized carbons (Fsp3) is 0.500. The summed E-state index contributed by atoms with van der Waals surface area (Å²) in [6, 6.07) is 0. The van der Waals surface area contributed by atoms with Crippen molar-refractivity contribution in [1.29, 1.82) is 0 Å². The van der Waals surface area contributed by atoms with Gasteiger partial charge >= 0.3 is 0 Å².